The van der Waals surface area contributed by atoms with Crippen molar-refractivity contribution in [2.24, 2.45) is 10.8 Å². The molecule has 23 heavy (non-hydrogen) atoms. The van der Waals surface area contributed by atoms with E-state index in [9.17, 15) is 9.59 Å². The Hall–Kier alpha value is -3.55. The van der Waals surface area contributed by atoms with E-state index >= 15 is 0 Å². The highest BCUT2D eigenvalue weighted by atomic mass is 16.3. The molecule has 0 saturated carbocycles. The summed E-state index contributed by atoms with van der Waals surface area (Å²) < 4.78 is 5.52. The van der Waals surface area contributed by atoms with Gasteiger partial charge in [-0.25, -0.2) is 10.4 Å². The number of rotatable bonds is 3. The first-order chi connectivity index (χ1) is 11.1. The van der Waals surface area contributed by atoms with Crippen molar-refractivity contribution in [3.8, 4) is 0 Å². The van der Waals surface area contributed by atoms with Crippen molar-refractivity contribution < 1.29 is 14.0 Å². The molecule has 3 N–H and O–H groups in total. The van der Waals surface area contributed by atoms with Crippen molar-refractivity contribution >= 4 is 22.8 Å². The second-order valence-corrected chi connectivity index (χ2v) is 4.51. The molecule has 2 heterocycles. The van der Waals surface area contributed by atoms with Crippen LogP contribution in [-0.4, -0.2) is 21.8 Å². The van der Waals surface area contributed by atoms with Crippen molar-refractivity contribution in [3.63, 3.8) is 0 Å². The number of para-hydroxylation sites is 1. The molecule has 0 aliphatic carbocycles. The average Bonchev–Trinajstić information content (AvgIpc) is 2.59. The van der Waals surface area contributed by atoms with Gasteiger partial charge in [-0.15, -0.1) is 5.10 Å². The van der Waals surface area contributed by atoms with E-state index < -0.39 is 11.8 Å². The van der Waals surface area contributed by atoms with Crippen LogP contribution >= 0.6 is 0 Å². The Bertz CT molecular complexity index is 950. The number of benzene rings is 1. The summed E-state index contributed by atoms with van der Waals surface area (Å²) in [6.45, 7) is 0. The van der Waals surface area contributed by atoms with E-state index in [0.29, 0.717) is 11.0 Å². The topological polar surface area (TPSA) is 123 Å². The summed E-state index contributed by atoms with van der Waals surface area (Å²) in [6, 6.07) is 8.61. The summed E-state index contributed by atoms with van der Waals surface area (Å²) in [4.78, 5) is 31.1. The summed E-state index contributed by atoms with van der Waals surface area (Å²) in [5.41, 5.74) is 8.14. The first-order valence-corrected chi connectivity index (χ1v) is 6.58. The van der Waals surface area contributed by atoms with Gasteiger partial charge in [0, 0.05) is 17.8 Å². The molecule has 114 valence electrons. The van der Waals surface area contributed by atoms with Crippen LogP contribution in [0.15, 0.2) is 58.4 Å². The van der Waals surface area contributed by atoms with Gasteiger partial charge >= 0.3 is 0 Å². The molecule has 8 nitrogen and oxygen atoms in total. The molecule has 2 amide bonds. The van der Waals surface area contributed by atoms with E-state index in [-0.39, 0.29) is 16.8 Å². The van der Waals surface area contributed by atoms with Gasteiger partial charge in [-0.3, -0.25) is 14.6 Å². The van der Waals surface area contributed by atoms with Gasteiger partial charge in [-0.1, -0.05) is 18.2 Å². The Balaban J connectivity index is 2.02. The van der Waals surface area contributed by atoms with Crippen LogP contribution in [0.4, 0.5) is 0 Å². The van der Waals surface area contributed by atoms with Gasteiger partial charge in [0.25, 0.3) is 11.8 Å². The fourth-order valence-electron chi connectivity index (χ4n) is 1.90. The zero-order valence-electron chi connectivity index (χ0n) is 11.8. The number of nitrogens with one attached hydrogen (secondary N) is 1. The zero-order valence-corrected chi connectivity index (χ0v) is 11.8. The number of carbonyl (C=O) groups excluding carboxylic acids is 2. The fraction of sp³-hybridized carbons (Fsp3) is 0. The summed E-state index contributed by atoms with van der Waals surface area (Å²) in [7, 11) is 0. The van der Waals surface area contributed by atoms with Crippen molar-refractivity contribution in [1.82, 2.24) is 15.4 Å². The number of nitrogens with zero attached hydrogens (tertiary/aromatic N) is 3. The summed E-state index contributed by atoms with van der Waals surface area (Å²) in [5.74, 6) is -1.30. The van der Waals surface area contributed by atoms with Gasteiger partial charge in [0.15, 0.2) is 0 Å². The molecular formula is C15H11N5O3. The van der Waals surface area contributed by atoms with E-state index in [2.05, 4.69) is 20.5 Å². The monoisotopic (exact) mass is 309 g/mol. The maximum atomic E-state index is 11.9. The standard InChI is InChI=1S/C15H11N5O3/c16-13(21)10-7-9-3-1-2-4-12(9)23-15(10)20-19-14(22)11-8-17-5-6-18-11/h1-8H,(H2,16,21)(H,19,22)/b20-15-. The number of amides is 2. The molecule has 0 saturated heterocycles. The highest BCUT2D eigenvalue weighted by Gasteiger charge is 2.10. The van der Waals surface area contributed by atoms with E-state index in [4.69, 9.17) is 10.2 Å². The van der Waals surface area contributed by atoms with Gasteiger partial charge in [0.2, 0.25) is 5.55 Å². The van der Waals surface area contributed by atoms with Gasteiger partial charge in [-0.05, 0) is 12.1 Å². The highest BCUT2D eigenvalue weighted by Crippen LogP contribution is 2.12. The fourth-order valence-corrected chi connectivity index (χ4v) is 1.90. The Morgan fingerprint density at radius 2 is 2.04 bits per heavy atom. The molecule has 3 rings (SSSR count). The Labute approximate surface area is 129 Å². The lowest BCUT2D eigenvalue weighted by Crippen LogP contribution is -2.27. The minimum absolute atomic E-state index is 0.0585. The van der Waals surface area contributed by atoms with Gasteiger partial charge in [0.1, 0.15) is 16.8 Å². The van der Waals surface area contributed by atoms with Gasteiger partial charge in [-0.2, -0.15) is 0 Å². The van der Waals surface area contributed by atoms with E-state index in [1.165, 1.54) is 18.6 Å². The number of carbonyl (C=O) groups is 2. The third-order valence-corrected chi connectivity index (χ3v) is 2.98. The van der Waals surface area contributed by atoms with Crippen molar-refractivity contribution in [1.29, 1.82) is 0 Å². The van der Waals surface area contributed by atoms with E-state index in [1.807, 2.05) is 0 Å². The van der Waals surface area contributed by atoms with Crippen LogP contribution < -0.4 is 16.7 Å². The van der Waals surface area contributed by atoms with E-state index in [1.54, 1.807) is 30.3 Å². The first-order valence-electron chi connectivity index (χ1n) is 6.58. The Kier molecular flexibility index (Phi) is 3.79. The van der Waals surface area contributed by atoms with E-state index in [0.717, 1.165) is 0 Å². The third-order valence-electron chi connectivity index (χ3n) is 2.98. The molecule has 0 aliphatic rings. The summed E-state index contributed by atoms with van der Waals surface area (Å²) in [5, 5.41) is 4.51. The molecular weight excluding hydrogens is 298 g/mol. The Morgan fingerprint density at radius 1 is 1.22 bits per heavy atom. The van der Waals surface area contributed by atoms with Gasteiger partial charge < -0.3 is 10.2 Å². The largest absolute Gasteiger partial charge is 0.436 e. The number of nitrogens with two attached hydrogens (primary N) is 1. The molecule has 3 aromatic rings. The SMILES string of the molecule is NC(=O)c1cc2ccccc2o/c1=N\NC(=O)c1cnccn1. The quantitative estimate of drug-likeness (QED) is 0.684. The average molecular weight is 309 g/mol. The number of hydrogen-bond acceptors (Lipinski definition) is 6. The second kappa shape index (κ2) is 6.06. The molecule has 1 aromatic carbocycles. The normalized spacial score (nSPS) is 11.4. The maximum absolute atomic E-state index is 11.9. The smallest absolute Gasteiger partial charge is 0.291 e. The number of aromatic nitrogens is 2. The molecule has 0 unspecified atom stereocenters. The van der Waals surface area contributed by atoms with Crippen molar-refractivity contribution in [2.45, 2.75) is 0 Å². The van der Waals surface area contributed by atoms with Crippen LogP contribution in [0.2, 0.25) is 0 Å². The van der Waals surface area contributed by atoms with Crippen LogP contribution in [-0.2, 0) is 0 Å². The zero-order chi connectivity index (χ0) is 16.2. The lowest BCUT2D eigenvalue weighted by molar-refractivity contribution is 0.0941. The van der Waals surface area contributed by atoms with Crippen LogP contribution in [0.25, 0.3) is 11.0 Å². The van der Waals surface area contributed by atoms with Crippen LogP contribution in [0.3, 0.4) is 0 Å². The summed E-state index contributed by atoms with van der Waals surface area (Å²) >= 11 is 0. The number of hydrogen-bond donors (Lipinski definition) is 2. The molecule has 2 aromatic heterocycles. The minimum Gasteiger partial charge on any atom is -0.436 e. The second-order valence-electron chi connectivity index (χ2n) is 4.51. The van der Waals surface area contributed by atoms with Crippen LogP contribution in [0, 0.1) is 0 Å². The molecule has 0 spiro atoms. The number of primary amides is 1. The predicted molar refractivity (Wildman–Crippen MR) is 79.8 cm³/mol. The third kappa shape index (κ3) is 3.05. The number of fused-ring (bicyclic) bond motifs is 1. The highest BCUT2D eigenvalue weighted by molar-refractivity contribution is 5.95. The molecule has 0 radical (unpaired) electrons. The molecule has 0 bridgehead atoms. The van der Waals surface area contributed by atoms with Crippen LogP contribution in [0.5, 0.6) is 0 Å². The van der Waals surface area contributed by atoms with Gasteiger partial charge in [0.05, 0.1) is 6.20 Å². The minimum atomic E-state index is -0.716. The molecule has 0 atom stereocenters. The maximum Gasteiger partial charge on any atom is 0.291 e. The lowest BCUT2D eigenvalue weighted by atomic mass is 10.2. The molecule has 0 aliphatic heterocycles. The molecule has 0 fully saturated rings. The lowest BCUT2D eigenvalue weighted by Gasteiger charge is -2.02. The summed E-state index contributed by atoms with van der Waals surface area (Å²) in [6.07, 6.45) is 4.11. The first kappa shape index (κ1) is 14.4. The van der Waals surface area contributed by atoms with Crippen molar-refractivity contribution in [3.05, 3.63) is 65.7 Å². The van der Waals surface area contributed by atoms with Crippen LogP contribution in [0.1, 0.15) is 20.8 Å². The Morgan fingerprint density at radius 3 is 2.78 bits per heavy atom. The predicted octanol–water partition coefficient (Wildman–Crippen LogP) is 0.567. The van der Waals surface area contributed by atoms with Crippen molar-refractivity contribution in [2.75, 3.05) is 0 Å². The molecule has 8 heteroatoms.